The van der Waals surface area contributed by atoms with Crippen LogP contribution in [0, 0.1) is 13.8 Å². The van der Waals surface area contributed by atoms with Crippen LogP contribution in [-0.2, 0) is 0 Å². The van der Waals surface area contributed by atoms with Crippen LogP contribution < -0.4 is 9.47 Å². The van der Waals surface area contributed by atoms with Crippen LogP contribution in [0.25, 0.3) is 0 Å². The van der Waals surface area contributed by atoms with Crippen molar-refractivity contribution >= 4 is 23.3 Å². The molecule has 0 aliphatic heterocycles. The molecule has 31 heavy (non-hydrogen) atoms. The highest BCUT2D eigenvalue weighted by molar-refractivity contribution is 7.99. The number of benzene rings is 2. The molecule has 0 heterocycles. The second-order valence-corrected chi connectivity index (χ2v) is 7.64. The highest BCUT2D eigenvalue weighted by Crippen LogP contribution is 2.44. The highest BCUT2D eigenvalue weighted by Gasteiger charge is 2.22. The van der Waals surface area contributed by atoms with E-state index in [0.717, 1.165) is 0 Å². The molecule has 2 aromatic carbocycles. The summed E-state index contributed by atoms with van der Waals surface area (Å²) in [5, 5.41) is 18.5. The van der Waals surface area contributed by atoms with Gasteiger partial charge < -0.3 is 19.7 Å². The first-order valence-corrected chi connectivity index (χ1v) is 10.5. The minimum absolute atomic E-state index is 0.0103. The van der Waals surface area contributed by atoms with Gasteiger partial charge in [-0.3, -0.25) is 9.59 Å². The molecule has 2 aromatic rings. The number of allylic oxidation sites excluding steroid dienone is 2. The molecule has 0 saturated heterocycles. The summed E-state index contributed by atoms with van der Waals surface area (Å²) in [7, 11) is 0. The number of hydrogen-bond acceptors (Lipinski definition) is 7. The average Bonchev–Trinajstić information content (AvgIpc) is 2.77. The fraction of sp³-hybridized carbons (Fsp3) is 0.250. The molecule has 0 unspecified atom stereocenters. The molecule has 164 valence electrons. The molecular formula is C24H26O6S. The molecule has 0 saturated carbocycles. The van der Waals surface area contributed by atoms with E-state index in [1.165, 1.54) is 23.9 Å². The normalized spacial score (nSPS) is 10.5. The lowest BCUT2D eigenvalue weighted by atomic mass is 10.0. The van der Waals surface area contributed by atoms with Crippen LogP contribution in [0.2, 0.25) is 0 Å². The number of rotatable bonds is 12. The Morgan fingerprint density at radius 2 is 1.23 bits per heavy atom. The number of aryl methyl sites for hydroxylation is 2. The molecule has 6 nitrogen and oxygen atoms in total. The van der Waals surface area contributed by atoms with Gasteiger partial charge in [-0.25, -0.2) is 0 Å². The molecule has 7 heteroatoms. The molecule has 0 amide bonds. The van der Waals surface area contributed by atoms with E-state index in [4.69, 9.17) is 9.47 Å². The standard InChI is InChI=1S/C24H26O6S/c1-5-17(27)21-15(3)7-9-19(23(21)29-13-11-25)31-20-10-8-16(4)22(18(28)6-2)24(20)30-14-12-26/h5-10,25-26H,1-2,11-14H2,3-4H3. The molecule has 0 radical (unpaired) electrons. The molecule has 0 spiro atoms. The van der Waals surface area contributed by atoms with Gasteiger partial charge in [0.05, 0.1) is 34.1 Å². The zero-order valence-electron chi connectivity index (χ0n) is 17.6. The zero-order chi connectivity index (χ0) is 23.0. The van der Waals surface area contributed by atoms with E-state index in [0.29, 0.717) is 43.5 Å². The van der Waals surface area contributed by atoms with Crippen LogP contribution in [0.15, 0.2) is 59.4 Å². The third kappa shape index (κ3) is 5.64. The number of ketones is 2. The molecule has 0 aromatic heterocycles. The SMILES string of the molecule is C=CC(=O)c1c(C)ccc(Sc2ccc(C)c(C(=O)C=C)c2OCCO)c1OCCO. The Balaban J connectivity index is 2.66. The van der Waals surface area contributed by atoms with Gasteiger partial charge in [-0.1, -0.05) is 37.1 Å². The van der Waals surface area contributed by atoms with Crippen molar-refractivity contribution in [1.29, 1.82) is 0 Å². The Kier molecular flexibility index (Phi) is 9.05. The first-order chi connectivity index (χ1) is 14.9. The van der Waals surface area contributed by atoms with Crippen molar-refractivity contribution in [3.05, 3.63) is 71.8 Å². The van der Waals surface area contributed by atoms with Crippen molar-refractivity contribution in [3.8, 4) is 11.5 Å². The monoisotopic (exact) mass is 442 g/mol. The largest absolute Gasteiger partial charge is 0.489 e. The number of aliphatic hydroxyl groups is 2. The summed E-state index contributed by atoms with van der Waals surface area (Å²) >= 11 is 1.26. The number of hydrogen-bond donors (Lipinski definition) is 2. The van der Waals surface area contributed by atoms with Gasteiger partial charge in [-0.15, -0.1) is 0 Å². The third-order valence-electron chi connectivity index (χ3n) is 4.42. The molecule has 2 rings (SSSR count). The van der Waals surface area contributed by atoms with Crippen LogP contribution in [0.5, 0.6) is 11.5 Å². The first kappa shape index (κ1) is 24.4. The van der Waals surface area contributed by atoms with E-state index in [9.17, 15) is 19.8 Å². The van der Waals surface area contributed by atoms with Crippen molar-refractivity contribution in [2.45, 2.75) is 23.6 Å². The lowest BCUT2D eigenvalue weighted by molar-refractivity contribution is 0.103. The second-order valence-electron chi connectivity index (χ2n) is 6.55. The van der Waals surface area contributed by atoms with Gasteiger partial charge >= 0.3 is 0 Å². The summed E-state index contributed by atoms with van der Waals surface area (Å²) in [6.07, 6.45) is 2.43. The van der Waals surface area contributed by atoms with Gasteiger partial charge in [0.2, 0.25) is 0 Å². The van der Waals surface area contributed by atoms with Gasteiger partial charge in [-0.2, -0.15) is 0 Å². The summed E-state index contributed by atoms with van der Waals surface area (Å²) < 4.78 is 11.5. The quantitative estimate of drug-likeness (QED) is 0.380. The molecule has 0 bridgehead atoms. The summed E-state index contributed by atoms with van der Waals surface area (Å²) in [5.74, 6) is 0.0654. The maximum absolute atomic E-state index is 12.5. The first-order valence-electron chi connectivity index (χ1n) is 9.65. The van der Waals surface area contributed by atoms with Crippen molar-refractivity contribution in [2.75, 3.05) is 26.4 Å². The van der Waals surface area contributed by atoms with E-state index >= 15 is 0 Å². The summed E-state index contributed by atoms with van der Waals surface area (Å²) in [6, 6.07) is 7.20. The van der Waals surface area contributed by atoms with Crippen molar-refractivity contribution in [1.82, 2.24) is 0 Å². The maximum atomic E-state index is 12.5. The Morgan fingerprint density at radius 1 is 0.839 bits per heavy atom. The van der Waals surface area contributed by atoms with Crippen LogP contribution in [0.3, 0.4) is 0 Å². The van der Waals surface area contributed by atoms with Crippen LogP contribution in [0.4, 0.5) is 0 Å². The van der Waals surface area contributed by atoms with Gasteiger partial charge in [0.25, 0.3) is 0 Å². The van der Waals surface area contributed by atoms with Crippen molar-refractivity contribution in [3.63, 3.8) is 0 Å². The van der Waals surface area contributed by atoms with Crippen LogP contribution in [0.1, 0.15) is 31.8 Å². The minimum atomic E-state index is -0.295. The second kappa shape index (κ2) is 11.5. The van der Waals surface area contributed by atoms with E-state index in [1.807, 2.05) is 0 Å². The molecule has 0 atom stereocenters. The van der Waals surface area contributed by atoms with Crippen LogP contribution in [-0.4, -0.2) is 48.2 Å². The lowest BCUT2D eigenvalue weighted by Gasteiger charge is -2.19. The predicted molar refractivity (Wildman–Crippen MR) is 121 cm³/mol. The van der Waals surface area contributed by atoms with Gasteiger partial charge in [0, 0.05) is 0 Å². The molecule has 0 aliphatic carbocycles. The van der Waals surface area contributed by atoms with E-state index in [-0.39, 0.29) is 38.0 Å². The molecule has 2 N–H and O–H groups in total. The summed E-state index contributed by atoms with van der Waals surface area (Å²) in [5.41, 5.74) is 2.15. The lowest BCUT2D eigenvalue weighted by Crippen LogP contribution is -2.10. The number of carbonyl (C=O) groups is 2. The van der Waals surface area contributed by atoms with E-state index < -0.39 is 0 Å². The Bertz CT molecular complexity index is 917. The molecule has 0 aliphatic rings. The van der Waals surface area contributed by atoms with Crippen molar-refractivity contribution < 1.29 is 29.3 Å². The van der Waals surface area contributed by atoms with Crippen molar-refractivity contribution in [2.24, 2.45) is 0 Å². The van der Waals surface area contributed by atoms with E-state index in [2.05, 4.69) is 13.2 Å². The Morgan fingerprint density at radius 3 is 1.55 bits per heavy atom. The number of carbonyl (C=O) groups excluding carboxylic acids is 2. The number of aliphatic hydroxyl groups excluding tert-OH is 2. The topological polar surface area (TPSA) is 93.1 Å². The van der Waals surface area contributed by atoms with Gasteiger partial charge in [-0.05, 0) is 49.3 Å². The number of ether oxygens (including phenoxy) is 2. The predicted octanol–water partition coefficient (Wildman–Crippen LogP) is 3.93. The maximum Gasteiger partial charge on any atom is 0.189 e. The molecule has 0 fully saturated rings. The van der Waals surface area contributed by atoms with E-state index in [1.54, 1.807) is 38.1 Å². The summed E-state index contributed by atoms with van der Waals surface area (Å²) in [4.78, 5) is 26.2. The molecular weight excluding hydrogens is 416 g/mol. The smallest absolute Gasteiger partial charge is 0.189 e. The average molecular weight is 443 g/mol. The summed E-state index contributed by atoms with van der Waals surface area (Å²) in [6.45, 7) is 10.3. The van der Waals surface area contributed by atoms with Gasteiger partial charge in [0.1, 0.15) is 24.7 Å². The Labute approximate surface area is 186 Å². The highest BCUT2D eigenvalue weighted by atomic mass is 32.2. The van der Waals surface area contributed by atoms with Gasteiger partial charge in [0.15, 0.2) is 11.6 Å². The fourth-order valence-corrected chi connectivity index (χ4v) is 4.02. The Hall–Kier alpha value is -2.87. The zero-order valence-corrected chi connectivity index (χ0v) is 18.5. The fourth-order valence-electron chi connectivity index (χ4n) is 3.00. The van der Waals surface area contributed by atoms with Crippen LogP contribution >= 0.6 is 11.8 Å². The third-order valence-corrected chi connectivity index (χ3v) is 5.50. The minimum Gasteiger partial charge on any atom is -0.489 e.